The number of nitrogens with zero attached hydrogens (tertiary/aromatic N) is 1. The Hall–Kier alpha value is -2.18. The minimum Gasteiger partial charge on any atom is -0.435 e. The lowest BCUT2D eigenvalue weighted by atomic mass is 10.1. The van der Waals surface area contributed by atoms with Crippen LogP contribution in [-0.4, -0.2) is 37.1 Å². The second-order valence-corrected chi connectivity index (χ2v) is 5.60. The van der Waals surface area contributed by atoms with Crippen LogP contribution in [0.5, 0.6) is 5.75 Å². The van der Waals surface area contributed by atoms with Crippen LogP contribution in [0.1, 0.15) is 11.1 Å². The molecular weight excluding hydrogens is 362 g/mol. The number of hydrogen-bond donors (Lipinski definition) is 1. The highest BCUT2D eigenvalue weighted by molar-refractivity contribution is 5.85. The Morgan fingerprint density at radius 2 is 1.65 bits per heavy atom. The van der Waals surface area contributed by atoms with Gasteiger partial charge in [-0.1, -0.05) is 42.5 Å². The zero-order valence-electron chi connectivity index (χ0n) is 14.3. The molecule has 142 valence electrons. The van der Waals surface area contributed by atoms with Gasteiger partial charge in [0, 0.05) is 19.6 Å². The number of alkyl halides is 2. The third-order valence-corrected chi connectivity index (χ3v) is 3.77. The van der Waals surface area contributed by atoms with E-state index in [-0.39, 0.29) is 30.5 Å². The summed E-state index contributed by atoms with van der Waals surface area (Å²) < 4.78 is 28.6. The van der Waals surface area contributed by atoms with Crippen LogP contribution < -0.4 is 10.5 Å². The van der Waals surface area contributed by atoms with E-state index in [2.05, 4.69) is 4.74 Å². The van der Waals surface area contributed by atoms with Crippen molar-refractivity contribution in [3.63, 3.8) is 0 Å². The van der Waals surface area contributed by atoms with Crippen molar-refractivity contribution in [3.8, 4) is 5.75 Å². The fourth-order valence-corrected chi connectivity index (χ4v) is 2.50. The van der Waals surface area contributed by atoms with Crippen molar-refractivity contribution in [1.29, 1.82) is 0 Å². The van der Waals surface area contributed by atoms with Gasteiger partial charge < -0.3 is 15.4 Å². The summed E-state index contributed by atoms with van der Waals surface area (Å²) in [5.41, 5.74) is 7.52. The van der Waals surface area contributed by atoms with Crippen molar-refractivity contribution in [1.82, 2.24) is 4.90 Å². The van der Waals surface area contributed by atoms with Crippen molar-refractivity contribution in [2.45, 2.75) is 19.5 Å². The fourth-order valence-electron chi connectivity index (χ4n) is 2.50. The normalized spacial score (nSPS) is 10.3. The molecule has 1 amide bonds. The molecule has 0 unspecified atom stereocenters. The second-order valence-electron chi connectivity index (χ2n) is 5.60. The maximum absolute atomic E-state index is 12.5. The van der Waals surface area contributed by atoms with Gasteiger partial charge in [0.2, 0.25) is 5.91 Å². The van der Waals surface area contributed by atoms with Crippen LogP contribution in [0.2, 0.25) is 0 Å². The van der Waals surface area contributed by atoms with Crippen molar-refractivity contribution < 1.29 is 18.3 Å². The Labute approximate surface area is 158 Å². The summed E-state index contributed by atoms with van der Waals surface area (Å²) in [6.45, 7) is -1.39. The topological polar surface area (TPSA) is 55.6 Å². The van der Waals surface area contributed by atoms with Crippen molar-refractivity contribution in [2.24, 2.45) is 5.73 Å². The first-order valence-corrected chi connectivity index (χ1v) is 8.14. The monoisotopic (exact) mass is 384 g/mol. The molecule has 0 aliphatic rings. The van der Waals surface area contributed by atoms with Gasteiger partial charge in [0.25, 0.3) is 0 Å². The minimum atomic E-state index is -2.86. The maximum atomic E-state index is 12.5. The molecule has 4 nitrogen and oxygen atoms in total. The highest BCUT2D eigenvalue weighted by atomic mass is 35.5. The van der Waals surface area contributed by atoms with Gasteiger partial charge in [0.15, 0.2) is 0 Å². The van der Waals surface area contributed by atoms with E-state index in [0.717, 1.165) is 17.5 Å². The summed E-state index contributed by atoms with van der Waals surface area (Å²) in [5, 5.41) is 0. The Morgan fingerprint density at radius 3 is 2.23 bits per heavy atom. The van der Waals surface area contributed by atoms with E-state index < -0.39 is 6.61 Å². The average molecular weight is 385 g/mol. The number of halogens is 3. The summed E-state index contributed by atoms with van der Waals surface area (Å²) in [6, 6.07) is 16.0. The summed E-state index contributed by atoms with van der Waals surface area (Å²) in [4.78, 5) is 14.2. The molecule has 2 N–H and O–H groups in total. The molecule has 0 aromatic heterocycles. The standard InChI is InChI=1S/C19H22F2N2O2.ClH/c20-19(21)25-17-8-6-16(7-9-17)14-18(24)23(13-11-22)12-10-15-4-2-1-3-5-15;/h1-9,19H,10-14,22H2;1H. The lowest BCUT2D eigenvalue weighted by Crippen LogP contribution is -2.37. The number of amides is 1. The average Bonchev–Trinajstić information content (AvgIpc) is 2.60. The minimum absolute atomic E-state index is 0. The molecule has 26 heavy (non-hydrogen) atoms. The first-order valence-electron chi connectivity index (χ1n) is 8.14. The zero-order chi connectivity index (χ0) is 18.1. The molecule has 2 aromatic carbocycles. The van der Waals surface area contributed by atoms with E-state index in [9.17, 15) is 13.6 Å². The summed E-state index contributed by atoms with van der Waals surface area (Å²) in [7, 11) is 0. The highest BCUT2D eigenvalue weighted by Gasteiger charge is 2.14. The van der Waals surface area contributed by atoms with Crippen LogP contribution in [0, 0.1) is 0 Å². The van der Waals surface area contributed by atoms with E-state index in [1.54, 1.807) is 17.0 Å². The Balaban J connectivity index is 0.00000338. The summed E-state index contributed by atoms with van der Waals surface area (Å²) >= 11 is 0. The molecule has 2 rings (SSSR count). The molecule has 0 radical (unpaired) electrons. The molecule has 2 aromatic rings. The largest absolute Gasteiger partial charge is 0.435 e. The van der Waals surface area contributed by atoms with Gasteiger partial charge in [-0.2, -0.15) is 8.78 Å². The number of hydrogen-bond acceptors (Lipinski definition) is 3. The molecular formula is C19H23ClF2N2O2. The number of nitrogens with two attached hydrogens (primary N) is 1. The van der Waals surface area contributed by atoms with Gasteiger partial charge in [-0.25, -0.2) is 0 Å². The van der Waals surface area contributed by atoms with E-state index in [4.69, 9.17) is 5.73 Å². The van der Waals surface area contributed by atoms with Crippen LogP contribution in [0.4, 0.5) is 8.78 Å². The van der Waals surface area contributed by atoms with Gasteiger partial charge in [-0.3, -0.25) is 4.79 Å². The predicted octanol–water partition coefficient (Wildman–Crippen LogP) is 3.28. The number of rotatable bonds is 9. The van der Waals surface area contributed by atoms with Crippen molar-refractivity contribution >= 4 is 18.3 Å². The number of ether oxygens (including phenoxy) is 1. The molecule has 0 bridgehead atoms. The van der Waals surface area contributed by atoms with Gasteiger partial charge in [-0.15, -0.1) is 12.4 Å². The highest BCUT2D eigenvalue weighted by Crippen LogP contribution is 2.15. The lowest BCUT2D eigenvalue weighted by Gasteiger charge is -2.22. The molecule has 0 fully saturated rings. The molecule has 0 aliphatic heterocycles. The Morgan fingerprint density at radius 1 is 1.00 bits per heavy atom. The summed E-state index contributed by atoms with van der Waals surface area (Å²) in [6.07, 6.45) is 0.956. The molecule has 0 saturated heterocycles. The lowest BCUT2D eigenvalue weighted by molar-refractivity contribution is -0.130. The van der Waals surface area contributed by atoms with Gasteiger partial charge in [-0.05, 0) is 29.7 Å². The Kier molecular flexibility index (Phi) is 9.62. The smallest absolute Gasteiger partial charge is 0.387 e. The quantitative estimate of drug-likeness (QED) is 0.721. The van der Waals surface area contributed by atoms with Crippen molar-refractivity contribution in [2.75, 3.05) is 19.6 Å². The fraction of sp³-hybridized carbons (Fsp3) is 0.316. The third-order valence-electron chi connectivity index (χ3n) is 3.77. The van der Waals surface area contributed by atoms with E-state index in [1.807, 2.05) is 30.3 Å². The molecule has 0 heterocycles. The zero-order valence-corrected chi connectivity index (χ0v) is 15.1. The van der Waals surface area contributed by atoms with Gasteiger partial charge in [0.1, 0.15) is 5.75 Å². The third kappa shape index (κ3) is 7.37. The van der Waals surface area contributed by atoms with Crippen LogP contribution in [0.15, 0.2) is 54.6 Å². The maximum Gasteiger partial charge on any atom is 0.387 e. The summed E-state index contributed by atoms with van der Waals surface area (Å²) in [5.74, 6) is 0.0398. The second kappa shape index (κ2) is 11.4. The van der Waals surface area contributed by atoms with Crippen LogP contribution in [-0.2, 0) is 17.6 Å². The van der Waals surface area contributed by atoms with E-state index in [1.165, 1.54) is 12.1 Å². The van der Waals surface area contributed by atoms with Crippen molar-refractivity contribution in [3.05, 3.63) is 65.7 Å². The molecule has 0 aliphatic carbocycles. The first-order chi connectivity index (χ1) is 12.1. The SMILES string of the molecule is Cl.NCCN(CCc1ccccc1)C(=O)Cc1ccc(OC(F)F)cc1. The number of carbonyl (C=O) groups excluding carboxylic acids is 1. The van der Waals surface area contributed by atoms with E-state index >= 15 is 0 Å². The number of carbonyl (C=O) groups is 1. The first kappa shape index (κ1) is 21.9. The van der Waals surface area contributed by atoms with Gasteiger partial charge >= 0.3 is 6.61 Å². The predicted molar refractivity (Wildman–Crippen MR) is 99.8 cm³/mol. The Bertz CT molecular complexity index is 654. The molecule has 0 spiro atoms. The molecule has 0 atom stereocenters. The molecule has 0 saturated carbocycles. The van der Waals surface area contributed by atoms with Crippen LogP contribution >= 0.6 is 12.4 Å². The van der Waals surface area contributed by atoms with Crippen LogP contribution in [0.3, 0.4) is 0 Å². The van der Waals surface area contributed by atoms with Gasteiger partial charge in [0.05, 0.1) is 6.42 Å². The number of benzene rings is 2. The van der Waals surface area contributed by atoms with E-state index in [0.29, 0.717) is 19.6 Å². The van der Waals surface area contributed by atoms with Crippen LogP contribution in [0.25, 0.3) is 0 Å². The molecule has 7 heteroatoms.